The third kappa shape index (κ3) is 8.67. The van der Waals surface area contributed by atoms with E-state index < -0.39 is 0 Å². The van der Waals surface area contributed by atoms with E-state index in [-0.39, 0.29) is 0 Å². The summed E-state index contributed by atoms with van der Waals surface area (Å²) in [6.07, 6.45) is 3.91. The molecule has 144 valence electrons. The first-order chi connectivity index (χ1) is 12.1. The fourth-order valence-electron chi connectivity index (χ4n) is 3.12. The van der Waals surface area contributed by atoms with E-state index >= 15 is 0 Å². The van der Waals surface area contributed by atoms with E-state index in [0.717, 1.165) is 77.6 Å². The highest BCUT2D eigenvalue weighted by atomic mass is 16.1. The fraction of sp³-hybridized carbons (Fsp3) is 0.833. The summed E-state index contributed by atoms with van der Waals surface area (Å²) in [4.78, 5) is 41.7. The number of hydrogen-bond donors (Lipinski definition) is 0. The van der Waals surface area contributed by atoms with Crippen LogP contribution in [-0.4, -0.2) is 116 Å². The number of carbonyl (C=O) groups is 3. The van der Waals surface area contributed by atoms with Crippen molar-refractivity contribution in [3.63, 3.8) is 0 Å². The van der Waals surface area contributed by atoms with Crippen molar-refractivity contribution in [3.05, 3.63) is 0 Å². The van der Waals surface area contributed by atoms with Crippen molar-refractivity contribution in [2.24, 2.45) is 0 Å². The lowest BCUT2D eigenvalue weighted by Crippen LogP contribution is -2.48. The SMILES string of the molecule is CCC(C)N1CCN(CC=O)CCN(CC=O)CCN(CC=O)CC1. The van der Waals surface area contributed by atoms with Crippen LogP contribution < -0.4 is 0 Å². The topological polar surface area (TPSA) is 64.2 Å². The van der Waals surface area contributed by atoms with Crippen molar-refractivity contribution in [2.75, 3.05) is 72.0 Å². The van der Waals surface area contributed by atoms with Crippen molar-refractivity contribution in [1.29, 1.82) is 0 Å². The zero-order valence-electron chi connectivity index (χ0n) is 15.8. The van der Waals surface area contributed by atoms with Gasteiger partial charge in [-0.05, 0) is 13.3 Å². The molecular formula is C18H34N4O3. The lowest BCUT2D eigenvalue weighted by molar-refractivity contribution is -0.110. The number of hydrogen-bond acceptors (Lipinski definition) is 7. The van der Waals surface area contributed by atoms with E-state index in [1.807, 2.05) is 0 Å². The Hall–Kier alpha value is -1.15. The largest absolute Gasteiger partial charge is 0.302 e. The van der Waals surface area contributed by atoms with Crippen LogP contribution in [0.4, 0.5) is 0 Å². The van der Waals surface area contributed by atoms with Gasteiger partial charge in [0.2, 0.25) is 0 Å². The Labute approximate surface area is 151 Å². The highest BCUT2D eigenvalue weighted by Gasteiger charge is 2.18. The van der Waals surface area contributed by atoms with E-state index in [1.54, 1.807) is 0 Å². The molecule has 0 aromatic rings. The molecule has 1 aliphatic heterocycles. The number of carbonyl (C=O) groups excluding carboxylic acids is 3. The maximum absolute atomic E-state index is 11.0. The smallest absolute Gasteiger partial charge is 0.133 e. The maximum Gasteiger partial charge on any atom is 0.133 e. The van der Waals surface area contributed by atoms with Crippen molar-refractivity contribution >= 4 is 18.9 Å². The van der Waals surface area contributed by atoms with Crippen LogP contribution in [-0.2, 0) is 14.4 Å². The zero-order chi connectivity index (χ0) is 18.5. The van der Waals surface area contributed by atoms with Crippen LogP contribution in [0.3, 0.4) is 0 Å². The lowest BCUT2D eigenvalue weighted by atomic mass is 10.2. The van der Waals surface area contributed by atoms with Crippen molar-refractivity contribution < 1.29 is 14.4 Å². The standard InChI is InChI=1S/C18H34N4O3/c1-3-18(2)22-10-8-20(13-16-24)6-4-19(12-15-23)5-7-21(9-11-22)14-17-25/h15-18H,3-14H2,1-2H3. The van der Waals surface area contributed by atoms with Crippen LogP contribution >= 0.6 is 0 Å². The quantitative estimate of drug-likeness (QED) is 0.550. The van der Waals surface area contributed by atoms with E-state index in [1.165, 1.54) is 0 Å². The van der Waals surface area contributed by atoms with Gasteiger partial charge in [-0.25, -0.2) is 0 Å². The molecule has 1 unspecified atom stereocenters. The lowest BCUT2D eigenvalue weighted by Gasteiger charge is -2.35. The van der Waals surface area contributed by atoms with Gasteiger partial charge in [0.25, 0.3) is 0 Å². The molecule has 7 heteroatoms. The van der Waals surface area contributed by atoms with Crippen LogP contribution in [0.25, 0.3) is 0 Å². The van der Waals surface area contributed by atoms with Crippen LogP contribution in [0, 0.1) is 0 Å². The Bertz CT molecular complexity index is 369. The second kappa shape index (κ2) is 13.1. The Morgan fingerprint density at radius 1 is 0.680 bits per heavy atom. The molecule has 0 aromatic heterocycles. The average molecular weight is 354 g/mol. The van der Waals surface area contributed by atoms with E-state index in [0.29, 0.717) is 25.7 Å². The molecule has 1 aliphatic rings. The summed E-state index contributed by atoms with van der Waals surface area (Å²) in [6, 6.07) is 0.477. The molecule has 25 heavy (non-hydrogen) atoms. The van der Waals surface area contributed by atoms with Crippen molar-refractivity contribution in [3.8, 4) is 0 Å². The van der Waals surface area contributed by atoms with E-state index in [9.17, 15) is 14.4 Å². The molecule has 0 aromatic carbocycles. The Balaban J connectivity index is 2.80. The maximum atomic E-state index is 11.0. The molecule has 1 saturated heterocycles. The molecule has 0 bridgehead atoms. The fourth-order valence-corrected chi connectivity index (χ4v) is 3.12. The number of rotatable bonds is 8. The van der Waals surface area contributed by atoms with Gasteiger partial charge in [0.05, 0.1) is 19.6 Å². The summed E-state index contributed by atoms with van der Waals surface area (Å²) in [6.45, 7) is 12.2. The summed E-state index contributed by atoms with van der Waals surface area (Å²) < 4.78 is 0. The zero-order valence-corrected chi connectivity index (χ0v) is 15.8. The Morgan fingerprint density at radius 2 is 1.00 bits per heavy atom. The van der Waals surface area contributed by atoms with Crippen LogP contribution in [0.2, 0.25) is 0 Å². The minimum atomic E-state index is 0.392. The molecule has 0 radical (unpaired) electrons. The summed E-state index contributed by atoms with van der Waals surface area (Å²) in [5.41, 5.74) is 0. The van der Waals surface area contributed by atoms with Gasteiger partial charge in [0.1, 0.15) is 18.9 Å². The number of aldehydes is 3. The van der Waals surface area contributed by atoms with Gasteiger partial charge in [-0.15, -0.1) is 0 Å². The second-order valence-electron chi connectivity index (χ2n) is 6.70. The van der Waals surface area contributed by atoms with Crippen LogP contribution in [0.15, 0.2) is 0 Å². The predicted molar refractivity (Wildman–Crippen MR) is 98.8 cm³/mol. The Morgan fingerprint density at radius 3 is 1.28 bits per heavy atom. The molecule has 0 amide bonds. The average Bonchev–Trinajstić information content (AvgIpc) is 2.61. The van der Waals surface area contributed by atoms with Gasteiger partial charge in [-0.1, -0.05) is 6.92 Å². The van der Waals surface area contributed by atoms with Crippen molar-refractivity contribution in [2.45, 2.75) is 26.3 Å². The van der Waals surface area contributed by atoms with E-state index in [4.69, 9.17) is 0 Å². The molecule has 0 N–H and O–H groups in total. The van der Waals surface area contributed by atoms with Gasteiger partial charge >= 0.3 is 0 Å². The molecule has 1 heterocycles. The minimum absolute atomic E-state index is 0.392. The molecule has 0 saturated carbocycles. The molecule has 7 nitrogen and oxygen atoms in total. The van der Waals surface area contributed by atoms with Crippen LogP contribution in [0.1, 0.15) is 20.3 Å². The first-order valence-corrected chi connectivity index (χ1v) is 9.36. The Kier molecular flexibility index (Phi) is 11.5. The number of nitrogens with zero attached hydrogens (tertiary/aromatic N) is 4. The predicted octanol–water partition coefficient (Wildman–Crippen LogP) is -0.397. The van der Waals surface area contributed by atoms with E-state index in [2.05, 4.69) is 33.4 Å². The van der Waals surface area contributed by atoms with Gasteiger partial charge in [0.15, 0.2) is 0 Å². The normalized spacial score (nSPS) is 21.8. The molecular weight excluding hydrogens is 320 g/mol. The first-order valence-electron chi connectivity index (χ1n) is 9.36. The second-order valence-corrected chi connectivity index (χ2v) is 6.70. The summed E-state index contributed by atoms with van der Waals surface area (Å²) in [5, 5.41) is 0. The van der Waals surface area contributed by atoms with Gasteiger partial charge in [-0.2, -0.15) is 0 Å². The summed E-state index contributed by atoms with van der Waals surface area (Å²) >= 11 is 0. The highest BCUT2D eigenvalue weighted by Crippen LogP contribution is 2.06. The summed E-state index contributed by atoms with van der Waals surface area (Å²) in [7, 11) is 0. The minimum Gasteiger partial charge on any atom is -0.302 e. The third-order valence-electron chi connectivity index (χ3n) is 5.08. The van der Waals surface area contributed by atoms with Crippen LogP contribution in [0.5, 0.6) is 0 Å². The molecule has 1 fully saturated rings. The van der Waals surface area contributed by atoms with Gasteiger partial charge in [0, 0.05) is 58.4 Å². The molecule has 1 rings (SSSR count). The first kappa shape index (κ1) is 21.9. The molecule has 1 atom stereocenters. The third-order valence-corrected chi connectivity index (χ3v) is 5.08. The molecule has 0 aliphatic carbocycles. The summed E-state index contributed by atoms with van der Waals surface area (Å²) in [5.74, 6) is 0. The van der Waals surface area contributed by atoms with Crippen molar-refractivity contribution in [1.82, 2.24) is 19.6 Å². The monoisotopic (exact) mass is 354 g/mol. The molecule has 0 spiro atoms. The highest BCUT2D eigenvalue weighted by molar-refractivity contribution is 5.52. The van der Waals surface area contributed by atoms with Gasteiger partial charge < -0.3 is 14.4 Å². The van der Waals surface area contributed by atoms with Gasteiger partial charge in [-0.3, -0.25) is 19.6 Å².